The fourth-order valence-electron chi connectivity index (χ4n) is 7.91. The third-order valence-electron chi connectivity index (χ3n) is 12.0. The lowest BCUT2D eigenvalue weighted by Gasteiger charge is -2.04. The molecule has 2 rings (SSSR count). The van der Waals surface area contributed by atoms with Crippen LogP contribution >= 0.6 is 0 Å². The third-order valence-corrected chi connectivity index (χ3v) is 12.0. The van der Waals surface area contributed by atoms with Crippen LogP contribution in [0, 0.1) is 0 Å². The first-order chi connectivity index (χ1) is 32.2. The van der Waals surface area contributed by atoms with Gasteiger partial charge >= 0.3 is 23.9 Å². The lowest BCUT2D eigenvalue weighted by Crippen LogP contribution is -2.12. The van der Waals surface area contributed by atoms with Gasteiger partial charge in [-0.15, -0.1) is 0 Å². The SMILES string of the molecule is CCCCCCCCCCCCCCCC(=O)Oc1ccc(OC(=O)CCCCCCCCC(=O)Oc2ccc(OC(=O)CCCCCCCCCCCCCCC)c(=O)cc2)ccc1=O. The number of ether oxygens (including phenoxy) is 4. The fourth-order valence-corrected chi connectivity index (χ4v) is 7.91. The number of esters is 4. The number of rotatable bonds is 41. The van der Waals surface area contributed by atoms with Gasteiger partial charge in [-0.2, -0.15) is 0 Å². The number of carbonyl (C=O) groups is 4. The molecule has 0 amide bonds. The molecule has 0 unspecified atom stereocenters. The average Bonchev–Trinajstić information content (AvgIpc) is 3.58. The van der Waals surface area contributed by atoms with Crippen LogP contribution in [0.25, 0.3) is 0 Å². The Balaban J connectivity index is 1.51. The Kier molecular flexibility index (Phi) is 34.8. The molecule has 2 aromatic rings. The van der Waals surface area contributed by atoms with Crippen LogP contribution in [0.3, 0.4) is 0 Å². The number of carbonyl (C=O) groups excluding carboxylic acids is 4. The van der Waals surface area contributed by atoms with Gasteiger partial charge in [-0.05, 0) is 74.2 Å². The number of hydrogen-bond acceptors (Lipinski definition) is 10. The molecule has 0 bridgehead atoms. The standard InChI is InChI=1S/C56H86O10/c1-3-5-7-9-11-13-15-17-19-21-23-27-33-37-55(61)65-51-45-41-47(39-43-49(51)57)63-53(59)35-31-29-25-26-30-32-36-54(60)64-48-40-44-50(58)52(46-42-48)66-56(62)38-34-28-24-22-20-18-16-14-12-10-8-6-4-2/h39-46H,3-38H2,1-2H3. The van der Waals surface area contributed by atoms with E-state index in [0.29, 0.717) is 12.8 Å². The Bertz CT molecular complexity index is 1610. The predicted molar refractivity (Wildman–Crippen MR) is 266 cm³/mol. The van der Waals surface area contributed by atoms with Crippen LogP contribution in [-0.2, 0) is 19.2 Å². The summed E-state index contributed by atoms with van der Waals surface area (Å²) in [6.45, 7) is 4.49. The van der Waals surface area contributed by atoms with E-state index in [2.05, 4.69) is 13.8 Å². The molecule has 0 saturated heterocycles. The van der Waals surface area contributed by atoms with E-state index in [-0.39, 0.29) is 48.7 Å². The zero-order valence-corrected chi connectivity index (χ0v) is 41.2. The van der Waals surface area contributed by atoms with Crippen molar-refractivity contribution in [2.24, 2.45) is 0 Å². The molecular weight excluding hydrogens is 833 g/mol. The smallest absolute Gasteiger partial charge is 0.311 e. The number of hydrogen-bond donors (Lipinski definition) is 0. The summed E-state index contributed by atoms with van der Waals surface area (Å²) in [6, 6.07) is 11.0. The highest BCUT2D eigenvalue weighted by Crippen LogP contribution is 2.19. The van der Waals surface area contributed by atoms with E-state index in [1.54, 1.807) is 0 Å². The first-order valence-electron chi connectivity index (χ1n) is 26.3. The lowest BCUT2D eigenvalue weighted by atomic mass is 10.0. The van der Waals surface area contributed by atoms with Crippen LogP contribution in [0.1, 0.15) is 245 Å². The van der Waals surface area contributed by atoms with Crippen molar-refractivity contribution in [3.63, 3.8) is 0 Å². The van der Waals surface area contributed by atoms with Crippen LogP contribution in [0.15, 0.2) is 58.1 Å². The Morgan fingerprint density at radius 3 is 0.758 bits per heavy atom. The largest absolute Gasteiger partial charge is 0.427 e. The highest BCUT2D eigenvalue weighted by atomic mass is 16.5. The van der Waals surface area contributed by atoms with Gasteiger partial charge in [0.05, 0.1) is 0 Å². The van der Waals surface area contributed by atoms with Crippen molar-refractivity contribution in [2.45, 2.75) is 245 Å². The highest BCUT2D eigenvalue weighted by Gasteiger charge is 2.12. The molecule has 0 aliphatic heterocycles. The van der Waals surface area contributed by atoms with E-state index in [9.17, 15) is 28.8 Å². The van der Waals surface area contributed by atoms with Gasteiger partial charge in [0, 0.05) is 25.7 Å². The van der Waals surface area contributed by atoms with Crippen LogP contribution in [0.5, 0.6) is 23.0 Å². The molecule has 0 aromatic heterocycles. The Labute approximate surface area is 397 Å². The monoisotopic (exact) mass is 919 g/mol. The second-order valence-electron chi connectivity index (χ2n) is 18.1. The van der Waals surface area contributed by atoms with Crippen molar-refractivity contribution in [3.05, 3.63) is 69.0 Å². The van der Waals surface area contributed by atoms with E-state index in [1.165, 1.54) is 177 Å². The fraction of sp³-hybridized carbons (Fsp3) is 0.679. The lowest BCUT2D eigenvalue weighted by molar-refractivity contribution is -0.135. The van der Waals surface area contributed by atoms with Gasteiger partial charge in [-0.3, -0.25) is 28.8 Å². The van der Waals surface area contributed by atoms with E-state index in [4.69, 9.17) is 18.9 Å². The van der Waals surface area contributed by atoms with Gasteiger partial charge in [0.2, 0.25) is 10.9 Å². The Hall–Kier alpha value is -4.34. The van der Waals surface area contributed by atoms with Gasteiger partial charge < -0.3 is 18.9 Å². The summed E-state index contributed by atoms with van der Waals surface area (Å²) in [5.41, 5.74) is -0.917. The summed E-state index contributed by atoms with van der Waals surface area (Å²) in [6.07, 6.45) is 37.3. The van der Waals surface area contributed by atoms with Gasteiger partial charge in [0.15, 0.2) is 11.5 Å². The normalized spacial score (nSPS) is 11.0. The van der Waals surface area contributed by atoms with Crippen LogP contribution in [-0.4, -0.2) is 23.9 Å². The van der Waals surface area contributed by atoms with E-state index >= 15 is 0 Å². The molecule has 0 radical (unpaired) electrons. The minimum atomic E-state index is -0.459. The van der Waals surface area contributed by atoms with Crippen molar-refractivity contribution in [3.8, 4) is 23.0 Å². The molecule has 0 saturated carbocycles. The molecule has 0 aliphatic rings. The summed E-state index contributed by atoms with van der Waals surface area (Å²) < 4.78 is 21.6. The first kappa shape index (κ1) is 57.8. The molecule has 0 atom stereocenters. The average molecular weight is 919 g/mol. The zero-order valence-electron chi connectivity index (χ0n) is 41.2. The molecule has 10 heteroatoms. The molecule has 0 heterocycles. The molecule has 0 aliphatic carbocycles. The summed E-state index contributed by atoms with van der Waals surface area (Å²) in [5.74, 6) is -1.45. The van der Waals surface area contributed by atoms with Crippen molar-refractivity contribution >= 4 is 23.9 Å². The van der Waals surface area contributed by atoms with E-state index in [1.807, 2.05) is 0 Å². The van der Waals surface area contributed by atoms with E-state index < -0.39 is 34.7 Å². The molecule has 10 nitrogen and oxygen atoms in total. The van der Waals surface area contributed by atoms with Crippen LogP contribution in [0.4, 0.5) is 0 Å². The maximum atomic E-state index is 12.5. The molecule has 370 valence electrons. The molecule has 66 heavy (non-hydrogen) atoms. The first-order valence-corrected chi connectivity index (χ1v) is 26.3. The highest BCUT2D eigenvalue weighted by molar-refractivity contribution is 5.74. The molecule has 0 N–H and O–H groups in total. The zero-order chi connectivity index (χ0) is 47.7. The molecule has 0 spiro atoms. The number of unbranched alkanes of at least 4 members (excludes halogenated alkanes) is 29. The Morgan fingerprint density at radius 1 is 0.288 bits per heavy atom. The molecule has 0 fully saturated rings. The van der Waals surface area contributed by atoms with Crippen molar-refractivity contribution in [1.82, 2.24) is 0 Å². The second kappa shape index (κ2) is 39.8. The van der Waals surface area contributed by atoms with Crippen molar-refractivity contribution in [2.75, 3.05) is 0 Å². The quantitative estimate of drug-likeness (QED) is 0.0468. The molecular formula is C56H86O10. The third kappa shape index (κ3) is 31.6. The minimum absolute atomic E-state index is 0.0828. The van der Waals surface area contributed by atoms with Gasteiger partial charge in [0.1, 0.15) is 11.5 Å². The van der Waals surface area contributed by atoms with Crippen LogP contribution < -0.4 is 29.8 Å². The summed E-state index contributed by atoms with van der Waals surface area (Å²) in [7, 11) is 0. The Morgan fingerprint density at radius 2 is 0.500 bits per heavy atom. The van der Waals surface area contributed by atoms with Crippen molar-refractivity contribution in [1.29, 1.82) is 0 Å². The topological polar surface area (TPSA) is 139 Å². The second-order valence-corrected chi connectivity index (χ2v) is 18.1. The summed E-state index contributed by atoms with van der Waals surface area (Å²) in [4.78, 5) is 74.7. The molecule has 2 aromatic carbocycles. The summed E-state index contributed by atoms with van der Waals surface area (Å²) >= 11 is 0. The predicted octanol–water partition coefficient (Wildman–Crippen LogP) is 14.8. The summed E-state index contributed by atoms with van der Waals surface area (Å²) in [5, 5.41) is 0. The van der Waals surface area contributed by atoms with Crippen molar-refractivity contribution < 1.29 is 38.1 Å². The maximum Gasteiger partial charge on any atom is 0.311 e. The van der Waals surface area contributed by atoms with Gasteiger partial charge in [-0.1, -0.05) is 194 Å². The minimum Gasteiger partial charge on any atom is -0.427 e. The van der Waals surface area contributed by atoms with Crippen LogP contribution in [0.2, 0.25) is 0 Å². The van der Waals surface area contributed by atoms with Gasteiger partial charge in [-0.25, -0.2) is 0 Å². The maximum absolute atomic E-state index is 12.5. The van der Waals surface area contributed by atoms with E-state index in [0.717, 1.165) is 64.2 Å². The van der Waals surface area contributed by atoms with Gasteiger partial charge in [0.25, 0.3) is 0 Å².